The molecule has 1 aromatic heterocycles. The molecule has 6 heteroatoms. The quantitative estimate of drug-likeness (QED) is 0.747. The second kappa shape index (κ2) is 3.89. The van der Waals surface area contributed by atoms with Crippen LogP contribution in [-0.4, -0.2) is 32.1 Å². The second-order valence-electron chi connectivity index (χ2n) is 3.56. The lowest BCUT2D eigenvalue weighted by molar-refractivity contribution is 0.0652. The SMILES string of the molecule is CCc1nc2cc(C(=O)O)c(C(=O)O)cc2[nH]1. The summed E-state index contributed by atoms with van der Waals surface area (Å²) >= 11 is 0. The van der Waals surface area contributed by atoms with Crippen LogP contribution < -0.4 is 0 Å². The fraction of sp³-hybridized carbons (Fsp3) is 0.182. The highest BCUT2D eigenvalue weighted by molar-refractivity contribution is 6.05. The van der Waals surface area contributed by atoms with Gasteiger partial charge in [0.2, 0.25) is 0 Å². The van der Waals surface area contributed by atoms with Crippen molar-refractivity contribution in [1.82, 2.24) is 9.97 Å². The molecule has 1 aromatic carbocycles. The number of imidazole rings is 1. The Hall–Kier alpha value is -2.37. The van der Waals surface area contributed by atoms with E-state index in [0.717, 1.165) is 0 Å². The Balaban J connectivity index is 2.74. The second-order valence-corrected chi connectivity index (χ2v) is 3.56. The molecule has 6 nitrogen and oxygen atoms in total. The van der Waals surface area contributed by atoms with Gasteiger partial charge in [0.05, 0.1) is 22.2 Å². The Bertz CT molecular complexity index is 564. The lowest BCUT2D eigenvalue weighted by Crippen LogP contribution is -2.07. The molecule has 0 atom stereocenters. The van der Waals surface area contributed by atoms with Crippen LogP contribution in [0.5, 0.6) is 0 Å². The van der Waals surface area contributed by atoms with Gasteiger partial charge in [0.1, 0.15) is 5.82 Å². The van der Waals surface area contributed by atoms with Crippen LogP contribution in [0, 0.1) is 0 Å². The smallest absolute Gasteiger partial charge is 0.336 e. The van der Waals surface area contributed by atoms with Crippen molar-refractivity contribution in [3.8, 4) is 0 Å². The number of benzene rings is 1. The van der Waals surface area contributed by atoms with Crippen LogP contribution >= 0.6 is 0 Å². The summed E-state index contributed by atoms with van der Waals surface area (Å²) in [4.78, 5) is 29.0. The predicted octanol–water partition coefficient (Wildman–Crippen LogP) is 1.52. The van der Waals surface area contributed by atoms with Crippen LogP contribution in [-0.2, 0) is 6.42 Å². The topological polar surface area (TPSA) is 103 Å². The molecular weight excluding hydrogens is 224 g/mol. The molecule has 0 saturated carbocycles. The maximum absolute atomic E-state index is 10.9. The number of carboxylic acid groups (broad SMARTS) is 2. The zero-order valence-corrected chi connectivity index (χ0v) is 9.02. The van der Waals surface area contributed by atoms with E-state index in [1.807, 2.05) is 6.92 Å². The van der Waals surface area contributed by atoms with E-state index in [0.29, 0.717) is 23.3 Å². The summed E-state index contributed by atoms with van der Waals surface area (Å²) in [6.07, 6.45) is 0.666. The van der Waals surface area contributed by atoms with Crippen molar-refractivity contribution in [3.63, 3.8) is 0 Å². The molecule has 0 radical (unpaired) electrons. The highest BCUT2D eigenvalue weighted by Gasteiger charge is 2.18. The Labute approximate surface area is 95.9 Å². The molecule has 0 bridgehead atoms. The van der Waals surface area contributed by atoms with E-state index in [-0.39, 0.29) is 11.1 Å². The number of nitrogens with one attached hydrogen (secondary N) is 1. The first-order chi connectivity index (χ1) is 8.02. The molecule has 0 spiro atoms. The van der Waals surface area contributed by atoms with Crippen molar-refractivity contribution in [1.29, 1.82) is 0 Å². The largest absolute Gasteiger partial charge is 0.478 e. The highest BCUT2D eigenvalue weighted by Crippen LogP contribution is 2.19. The number of hydrogen-bond donors (Lipinski definition) is 3. The first-order valence-electron chi connectivity index (χ1n) is 5.02. The summed E-state index contributed by atoms with van der Waals surface area (Å²) in [5.74, 6) is -1.85. The summed E-state index contributed by atoms with van der Waals surface area (Å²) in [5, 5.41) is 17.9. The van der Waals surface area contributed by atoms with Crippen molar-refractivity contribution in [2.45, 2.75) is 13.3 Å². The van der Waals surface area contributed by atoms with Crippen LogP contribution in [0.15, 0.2) is 12.1 Å². The standard InChI is InChI=1S/C11H10N2O4/c1-2-9-12-7-3-5(10(14)15)6(11(16)17)4-8(7)13-9/h3-4H,2H2,1H3,(H,12,13)(H,14,15)(H,16,17). The number of aromatic amines is 1. The number of carboxylic acids is 2. The van der Waals surface area contributed by atoms with E-state index in [1.165, 1.54) is 12.1 Å². The molecular formula is C11H10N2O4. The number of aromatic nitrogens is 2. The Morgan fingerprint density at radius 2 is 1.82 bits per heavy atom. The Kier molecular flexibility index (Phi) is 2.55. The third kappa shape index (κ3) is 1.84. The van der Waals surface area contributed by atoms with Gasteiger partial charge in [-0.15, -0.1) is 0 Å². The third-order valence-electron chi connectivity index (χ3n) is 2.47. The van der Waals surface area contributed by atoms with Gasteiger partial charge >= 0.3 is 11.9 Å². The van der Waals surface area contributed by atoms with Crippen LogP contribution in [0.4, 0.5) is 0 Å². The number of fused-ring (bicyclic) bond motifs is 1. The predicted molar refractivity (Wildman–Crippen MR) is 59.4 cm³/mol. The van der Waals surface area contributed by atoms with Crippen molar-refractivity contribution in [2.75, 3.05) is 0 Å². The van der Waals surface area contributed by atoms with Gasteiger partial charge in [-0.25, -0.2) is 14.6 Å². The fourth-order valence-corrected chi connectivity index (χ4v) is 1.63. The van der Waals surface area contributed by atoms with E-state index in [9.17, 15) is 9.59 Å². The fourth-order valence-electron chi connectivity index (χ4n) is 1.63. The molecule has 0 fully saturated rings. The number of H-pyrrole nitrogens is 1. The first-order valence-corrected chi connectivity index (χ1v) is 5.02. The maximum Gasteiger partial charge on any atom is 0.336 e. The summed E-state index contributed by atoms with van der Waals surface area (Å²) < 4.78 is 0. The molecule has 0 unspecified atom stereocenters. The zero-order chi connectivity index (χ0) is 12.6. The number of aryl methyl sites for hydroxylation is 1. The molecule has 2 rings (SSSR count). The number of aromatic carboxylic acids is 2. The summed E-state index contributed by atoms with van der Waals surface area (Å²) in [5.41, 5.74) is 0.504. The average molecular weight is 234 g/mol. The molecule has 2 aromatic rings. The molecule has 3 N–H and O–H groups in total. The molecule has 1 heterocycles. The van der Waals surface area contributed by atoms with E-state index in [1.54, 1.807) is 0 Å². The molecule has 17 heavy (non-hydrogen) atoms. The summed E-state index contributed by atoms with van der Waals surface area (Å²) in [6, 6.07) is 2.57. The lowest BCUT2D eigenvalue weighted by Gasteiger charge is -2.00. The monoisotopic (exact) mass is 234 g/mol. The van der Waals surface area contributed by atoms with Gasteiger partial charge in [-0.1, -0.05) is 6.92 Å². The van der Waals surface area contributed by atoms with Crippen LogP contribution in [0.3, 0.4) is 0 Å². The maximum atomic E-state index is 10.9. The van der Waals surface area contributed by atoms with Crippen molar-refractivity contribution >= 4 is 23.0 Å². The molecule has 0 saturated heterocycles. The van der Waals surface area contributed by atoms with Crippen molar-refractivity contribution in [2.24, 2.45) is 0 Å². The first kappa shape index (κ1) is 11.1. The summed E-state index contributed by atoms with van der Waals surface area (Å²) in [7, 11) is 0. The van der Waals surface area contributed by atoms with Crippen LogP contribution in [0.1, 0.15) is 33.5 Å². The van der Waals surface area contributed by atoms with Gasteiger partial charge in [0.25, 0.3) is 0 Å². The summed E-state index contributed by atoms with van der Waals surface area (Å²) in [6.45, 7) is 1.90. The molecule has 0 aliphatic carbocycles. The average Bonchev–Trinajstić information content (AvgIpc) is 2.68. The van der Waals surface area contributed by atoms with Crippen LogP contribution in [0.25, 0.3) is 11.0 Å². The van der Waals surface area contributed by atoms with Gasteiger partial charge in [0, 0.05) is 6.42 Å². The third-order valence-corrected chi connectivity index (χ3v) is 2.47. The van der Waals surface area contributed by atoms with E-state index < -0.39 is 11.9 Å². The zero-order valence-electron chi connectivity index (χ0n) is 9.02. The Morgan fingerprint density at radius 3 is 2.35 bits per heavy atom. The minimum atomic E-state index is -1.27. The van der Waals surface area contributed by atoms with Crippen molar-refractivity contribution < 1.29 is 19.8 Å². The number of carbonyl (C=O) groups is 2. The van der Waals surface area contributed by atoms with Gasteiger partial charge in [0.15, 0.2) is 0 Å². The van der Waals surface area contributed by atoms with E-state index in [2.05, 4.69) is 9.97 Å². The lowest BCUT2D eigenvalue weighted by atomic mass is 10.1. The molecule has 0 amide bonds. The van der Waals surface area contributed by atoms with Gasteiger partial charge in [-0.3, -0.25) is 0 Å². The minimum Gasteiger partial charge on any atom is -0.478 e. The van der Waals surface area contributed by atoms with E-state index in [4.69, 9.17) is 10.2 Å². The van der Waals surface area contributed by atoms with Gasteiger partial charge in [-0.2, -0.15) is 0 Å². The number of hydrogen-bond acceptors (Lipinski definition) is 3. The van der Waals surface area contributed by atoms with Crippen molar-refractivity contribution in [3.05, 3.63) is 29.1 Å². The minimum absolute atomic E-state index is 0.240. The van der Waals surface area contributed by atoms with Crippen LogP contribution in [0.2, 0.25) is 0 Å². The molecule has 0 aliphatic rings. The highest BCUT2D eigenvalue weighted by atomic mass is 16.4. The van der Waals surface area contributed by atoms with Gasteiger partial charge in [-0.05, 0) is 12.1 Å². The van der Waals surface area contributed by atoms with E-state index >= 15 is 0 Å². The molecule has 88 valence electrons. The number of rotatable bonds is 3. The van der Waals surface area contributed by atoms with Gasteiger partial charge < -0.3 is 15.2 Å². The Morgan fingerprint density at radius 1 is 1.24 bits per heavy atom. The normalized spacial score (nSPS) is 10.6. The molecule has 0 aliphatic heterocycles. The number of nitrogens with zero attached hydrogens (tertiary/aromatic N) is 1.